The second-order valence-corrected chi connectivity index (χ2v) is 5.65. The van der Waals surface area contributed by atoms with Crippen LogP contribution in [0.1, 0.15) is 11.3 Å². The minimum absolute atomic E-state index is 0.173. The van der Waals surface area contributed by atoms with Crippen LogP contribution in [0.3, 0.4) is 0 Å². The molecule has 1 aliphatic heterocycles. The molecular formula is C18H17N3O3. The first-order chi connectivity index (χ1) is 11.8. The van der Waals surface area contributed by atoms with Gasteiger partial charge in [-0.2, -0.15) is 0 Å². The minimum Gasteiger partial charge on any atom is -0.486 e. The standard InChI is InChI=1S/C18H17N3O3/c1-12-2-4-13(5-3-12)18-15(11-22)19-20-21(18)14-6-7-16-17(10-14)24-9-8-23-16/h2-7,10,22H,8-9,11H2,1H3. The lowest BCUT2D eigenvalue weighted by molar-refractivity contribution is 0.171. The molecule has 0 saturated heterocycles. The van der Waals surface area contributed by atoms with Crippen molar-refractivity contribution in [2.75, 3.05) is 13.2 Å². The van der Waals surface area contributed by atoms with Crippen LogP contribution in [0.2, 0.25) is 0 Å². The van der Waals surface area contributed by atoms with Crippen LogP contribution in [-0.4, -0.2) is 33.3 Å². The summed E-state index contributed by atoms with van der Waals surface area (Å²) in [6.07, 6.45) is 0. The van der Waals surface area contributed by atoms with Gasteiger partial charge in [0.15, 0.2) is 11.5 Å². The topological polar surface area (TPSA) is 69.4 Å². The molecule has 0 unspecified atom stereocenters. The third-order valence-corrected chi connectivity index (χ3v) is 3.99. The Morgan fingerprint density at radius 2 is 1.79 bits per heavy atom. The molecule has 0 amide bonds. The quantitative estimate of drug-likeness (QED) is 0.802. The van der Waals surface area contributed by atoms with E-state index >= 15 is 0 Å². The molecule has 122 valence electrons. The number of benzene rings is 2. The van der Waals surface area contributed by atoms with Gasteiger partial charge >= 0.3 is 0 Å². The fraction of sp³-hybridized carbons (Fsp3) is 0.222. The number of fused-ring (bicyclic) bond motifs is 1. The molecule has 0 atom stereocenters. The van der Waals surface area contributed by atoms with Gasteiger partial charge in [0.2, 0.25) is 0 Å². The maximum absolute atomic E-state index is 9.63. The van der Waals surface area contributed by atoms with Crippen LogP contribution in [-0.2, 0) is 6.61 Å². The third kappa shape index (κ3) is 2.51. The monoisotopic (exact) mass is 323 g/mol. The van der Waals surface area contributed by atoms with Crippen LogP contribution in [0.4, 0.5) is 0 Å². The van der Waals surface area contributed by atoms with Crippen LogP contribution in [0.15, 0.2) is 42.5 Å². The summed E-state index contributed by atoms with van der Waals surface area (Å²) >= 11 is 0. The van der Waals surface area contributed by atoms with E-state index in [9.17, 15) is 5.11 Å². The molecule has 3 aromatic rings. The van der Waals surface area contributed by atoms with Crippen molar-refractivity contribution in [3.8, 4) is 28.4 Å². The Morgan fingerprint density at radius 3 is 2.54 bits per heavy atom. The number of aliphatic hydroxyl groups excluding tert-OH is 1. The molecule has 0 radical (unpaired) electrons. The summed E-state index contributed by atoms with van der Waals surface area (Å²) in [4.78, 5) is 0. The van der Waals surface area contributed by atoms with Gasteiger partial charge in [0.05, 0.1) is 12.3 Å². The zero-order chi connectivity index (χ0) is 16.5. The van der Waals surface area contributed by atoms with Gasteiger partial charge in [-0.25, -0.2) is 4.68 Å². The number of aliphatic hydroxyl groups is 1. The van der Waals surface area contributed by atoms with E-state index in [4.69, 9.17) is 9.47 Å². The second kappa shape index (κ2) is 5.98. The van der Waals surface area contributed by atoms with E-state index in [2.05, 4.69) is 10.3 Å². The average molecular weight is 323 g/mol. The van der Waals surface area contributed by atoms with Crippen LogP contribution in [0.25, 0.3) is 16.9 Å². The maximum Gasteiger partial charge on any atom is 0.163 e. The van der Waals surface area contributed by atoms with Gasteiger partial charge < -0.3 is 14.6 Å². The molecule has 24 heavy (non-hydrogen) atoms. The minimum atomic E-state index is -0.173. The average Bonchev–Trinajstić information content (AvgIpc) is 3.06. The fourth-order valence-electron chi connectivity index (χ4n) is 2.76. The summed E-state index contributed by atoms with van der Waals surface area (Å²) < 4.78 is 12.9. The first-order valence-electron chi connectivity index (χ1n) is 7.79. The molecule has 1 N–H and O–H groups in total. The van der Waals surface area contributed by atoms with Gasteiger partial charge in [0, 0.05) is 11.6 Å². The van der Waals surface area contributed by atoms with Crippen molar-refractivity contribution in [3.63, 3.8) is 0 Å². The summed E-state index contributed by atoms with van der Waals surface area (Å²) in [5.41, 5.74) is 4.23. The number of hydrogen-bond acceptors (Lipinski definition) is 5. The number of ether oxygens (including phenoxy) is 2. The normalized spacial score (nSPS) is 13.1. The summed E-state index contributed by atoms with van der Waals surface area (Å²) in [6, 6.07) is 13.7. The third-order valence-electron chi connectivity index (χ3n) is 3.99. The van der Waals surface area contributed by atoms with E-state index in [1.54, 1.807) is 4.68 Å². The van der Waals surface area contributed by atoms with Crippen molar-refractivity contribution < 1.29 is 14.6 Å². The predicted octanol–water partition coefficient (Wildman–Crippen LogP) is 2.51. The lowest BCUT2D eigenvalue weighted by Gasteiger charge is -2.19. The summed E-state index contributed by atoms with van der Waals surface area (Å²) in [5, 5.41) is 18.0. The Bertz CT molecular complexity index is 872. The Hall–Kier alpha value is -2.86. The zero-order valence-electron chi connectivity index (χ0n) is 13.3. The molecule has 6 heteroatoms. The van der Waals surface area contributed by atoms with Crippen molar-refractivity contribution in [1.29, 1.82) is 0 Å². The van der Waals surface area contributed by atoms with Crippen molar-refractivity contribution in [2.45, 2.75) is 13.5 Å². The molecule has 6 nitrogen and oxygen atoms in total. The van der Waals surface area contributed by atoms with Crippen molar-refractivity contribution in [1.82, 2.24) is 15.0 Å². The van der Waals surface area contributed by atoms with Gasteiger partial charge in [0.1, 0.15) is 24.6 Å². The molecule has 4 rings (SSSR count). The first kappa shape index (κ1) is 14.7. The Labute approximate surface area is 139 Å². The number of hydrogen-bond donors (Lipinski definition) is 1. The Balaban J connectivity index is 1.84. The smallest absolute Gasteiger partial charge is 0.163 e. The van der Waals surface area contributed by atoms with Gasteiger partial charge in [-0.15, -0.1) is 5.10 Å². The summed E-state index contributed by atoms with van der Waals surface area (Å²) in [5.74, 6) is 1.42. The highest BCUT2D eigenvalue weighted by molar-refractivity contribution is 5.65. The van der Waals surface area contributed by atoms with E-state index in [1.807, 2.05) is 49.4 Å². The molecule has 0 bridgehead atoms. The van der Waals surface area contributed by atoms with Gasteiger partial charge in [-0.3, -0.25) is 0 Å². The highest BCUT2D eigenvalue weighted by Gasteiger charge is 2.18. The summed E-state index contributed by atoms with van der Waals surface area (Å²) in [6.45, 7) is 2.94. The van der Waals surface area contributed by atoms with E-state index in [0.29, 0.717) is 24.7 Å². The number of aromatic nitrogens is 3. The largest absolute Gasteiger partial charge is 0.486 e. The van der Waals surface area contributed by atoms with Crippen LogP contribution >= 0.6 is 0 Å². The van der Waals surface area contributed by atoms with Crippen molar-refractivity contribution in [3.05, 3.63) is 53.7 Å². The fourth-order valence-corrected chi connectivity index (χ4v) is 2.76. The van der Waals surface area contributed by atoms with Crippen molar-refractivity contribution >= 4 is 0 Å². The molecule has 0 fully saturated rings. The molecule has 2 aromatic carbocycles. The van der Waals surface area contributed by atoms with Crippen LogP contribution in [0, 0.1) is 6.92 Å². The first-order valence-corrected chi connectivity index (χ1v) is 7.79. The van der Waals surface area contributed by atoms with E-state index < -0.39 is 0 Å². The molecule has 0 aliphatic carbocycles. The molecule has 1 aromatic heterocycles. The lowest BCUT2D eigenvalue weighted by Crippen LogP contribution is -2.15. The predicted molar refractivity (Wildman–Crippen MR) is 88.4 cm³/mol. The molecule has 0 spiro atoms. The van der Waals surface area contributed by atoms with E-state index in [0.717, 1.165) is 22.7 Å². The van der Waals surface area contributed by atoms with Gasteiger partial charge in [-0.1, -0.05) is 35.0 Å². The van der Waals surface area contributed by atoms with Crippen LogP contribution < -0.4 is 9.47 Å². The van der Waals surface area contributed by atoms with Crippen LogP contribution in [0.5, 0.6) is 11.5 Å². The molecule has 0 saturated carbocycles. The molecule has 2 heterocycles. The van der Waals surface area contributed by atoms with Gasteiger partial charge in [0.25, 0.3) is 0 Å². The van der Waals surface area contributed by atoms with Crippen molar-refractivity contribution in [2.24, 2.45) is 0 Å². The second-order valence-electron chi connectivity index (χ2n) is 5.65. The summed E-state index contributed by atoms with van der Waals surface area (Å²) in [7, 11) is 0. The number of nitrogens with zero attached hydrogens (tertiary/aromatic N) is 3. The molecule has 1 aliphatic rings. The number of rotatable bonds is 3. The van der Waals surface area contributed by atoms with Gasteiger partial charge in [-0.05, 0) is 19.1 Å². The maximum atomic E-state index is 9.63. The lowest BCUT2D eigenvalue weighted by atomic mass is 10.1. The highest BCUT2D eigenvalue weighted by Crippen LogP contribution is 2.33. The highest BCUT2D eigenvalue weighted by atomic mass is 16.6. The molecular weight excluding hydrogens is 306 g/mol. The van der Waals surface area contributed by atoms with E-state index in [1.165, 1.54) is 5.56 Å². The Kier molecular flexibility index (Phi) is 3.66. The SMILES string of the molecule is Cc1ccc(-c2c(CO)nnn2-c2ccc3c(c2)OCCO3)cc1. The Morgan fingerprint density at radius 1 is 1.04 bits per heavy atom. The number of aryl methyl sites for hydroxylation is 1. The van der Waals surface area contributed by atoms with E-state index in [-0.39, 0.29) is 6.61 Å². The zero-order valence-corrected chi connectivity index (χ0v) is 13.3.